The Bertz CT molecular complexity index is 155. The van der Waals surface area contributed by atoms with Crippen molar-refractivity contribution in [1.29, 1.82) is 0 Å². The first kappa shape index (κ1) is 7.92. The lowest BCUT2D eigenvalue weighted by Crippen LogP contribution is -2.29. The fourth-order valence-electron chi connectivity index (χ4n) is 1.04. The fraction of sp³-hybridized carbons (Fsp3) is 0.857. The van der Waals surface area contributed by atoms with Crippen molar-refractivity contribution in [3.8, 4) is 0 Å². The van der Waals surface area contributed by atoms with Gasteiger partial charge >= 0.3 is 0 Å². The first-order valence-electron chi connectivity index (χ1n) is 3.48. The van der Waals surface area contributed by atoms with Crippen LogP contribution in [0, 0.1) is 5.41 Å². The fourth-order valence-corrected chi connectivity index (χ4v) is 2.63. The monoisotopic (exact) mass is 160 g/mol. The third kappa shape index (κ3) is 1.66. The van der Waals surface area contributed by atoms with Crippen LogP contribution in [0.15, 0.2) is 0 Å². The van der Waals surface area contributed by atoms with Crippen molar-refractivity contribution in [2.24, 2.45) is 5.41 Å². The van der Waals surface area contributed by atoms with Crippen molar-refractivity contribution in [3.63, 3.8) is 0 Å². The van der Waals surface area contributed by atoms with Crippen molar-refractivity contribution < 1.29 is 9.00 Å². The SMILES string of the molecule is CC1(C=O)CCS(=O)CC1. The molecule has 0 bridgehead atoms. The summed E-state index contributed by atoms with van der Waals surface area (Å²) in [6.45, 7) is 1.94. The van der Waals surface area contributed by atoms with E-state index >= 15 is 0 Å². The Labute approximate surface area is 63.5 Å². The standard InChI is InChI=1S/C7H12O2S/c1-7(6-8)2-4-10(9)5-3-7/h6H,2-5H2,1H3. The average molecular weight is 160 g/mol. The van der Waals surface area contributed by atoms with Gasteiger partial charge in [-0.2, -0.15) is 0 Å². The normalized spacial score (nSPS) is 41.1. The minimum Gasteiger partial charge on any atom is -0.303 e. The van der Waals surface area contributed by atoms with Crippen molar-refractivity contribution in [1.82, 2.24) is 0 Å². The topological polar surface area (TPSA) is 34.1 Å². The highest BCUT2D eigenvalue weighted by Gasteiger charge is 2.28. The molecule has 58 valence electrons. The zero-order valence-electron chi connectivity index (χ0n) is 6.13. The quantitative estimate of drug-likeness (QED) is 0.530. The lowest BCUT2D eigenvalue weighted by molar-refractivity contribution is -0.115. The molecule has 1 heterocycles. The lowest BCUT2D eigenvalue weighted by atomic mass is 9.86. The Hall–Kier alpha value is -0.180. The van der Waals surface area contributed by atoms with E-state index in [0.717, 1.165) is 19.1 Å². The summed E-state index contributed by atoms with van der Waals surface area (Å²) in [5.41, 5.74) is -0.173. The summed E-state index contributed by atoms with van der Waals surface area (Å²) in [7, 11) is -0.647. The summed E-state index contributed by atoms with van der Waals surface area (Å²) >= 11 is 0. The summed E-state index contributed by atoms with van der Waals surface area (Å²) in [4.78, 5) is 10.5. The Balaban J connectivity index is 2.53. The number of carbonyl (C=O) groups excluding carboxylic acids is 1. The minimum atomic E-state index is -0.647. The van der Waals surface area contributed by atoms with Crippen LogP contribution >= 0.6 is 0 Å². The molecule has 0 saturated carbocycles. The molecule has 2 nitrogen and oxygen atoms in total. The second-order valence-electron chi connectivity index (χ2n) is 3.12. The highest BCUT2D eigenvalue weighted by molar-refractivity contribution is 7.85. The van der Waals surface area contributed by atoms with Gasteiger partial charge in [0.2, 0.25) is 0 Å². The molecule has 0 aliphatic carbocycles. The van der Waals surface area contributed by atoms with E-state index in [2.05, 4.69) is 0 Å². The minimum absolute atomic E-state index is 0.173. The van der Waals surface area contributed by atoms with Crippen LogP contribution in [0.2, 0.25) is 0 Å². The molecular formula is C7H12O2S. The third-order valence-electron chi connectivity index (χ3n) is 2.09. The number of rotatable bonds is 1. The molecule has 0 radical (unpaired) electrons. The Morgan fingerprint density at radius 2 is 1.90 bits per heavy atom. The van der Waals surface area contributed by atoms with Crippen molar-refractivity contribution >= 4 is 17.1 Å². The van der Waals surface area contributed by atoms with Crippen molar-refractivity contribution in [2.45, 2.75) is 19.8 Å². The van der Waals surface area contributed by atoms with E-state index in [4.69, 9.17) is 0 Å². The third-order valence-corrected chi connectivity index (χ3v) is 3.41. The highest BCUT2D eigenvalue weighted by Crippen LogP contribution is 2.27. The zero-order valence-corrected chi connectivity index (χ0v) is 6.95. The van der Waals surface area contributed by atoms with E-state index in [1.807, 2.05) is 6.92 Å². The van der Waals surface area contributed by atoms with Crippen LogP contribution in [0.5, 0.6) is 0 Å². The van der Waals surface area contributed by atoms with Gasteiger partial charge in [0.15, 0.2) is 0 Å². The molecule has 0 N–H and O–H groups in total. The molecule has 0 aromatic heterocycles. The number of carbonyl (C=O) groups is 1. The van der Waals surface area contributed by atoms with Crippen LogP contribution in [0.25, 0.3) is 0 Å². The summed E-state index contributed by atoms with van der Waals surface area (Å²) < 4.78 is 10.9. The van der Waals surface area contributed by atoms with Gasteiger partial charge in [-0.15, -0.1) is 0 Å². The van der Waals surface area contributed by atoms with Gasteiger partial charge in [-0.05, 0) is 12.8 Å². The van der Waals surface area contributed by atoms with Gasteiger partial charge < -0.3 is 4.79 Å². The predicted molar refractivity (Wildman–Crippen MR) is 41.3 cm³/mol. The molecule has 0 unspecified atom stereocenters. The van der Waals surface area contributed by atoms with E-state index in [1.165, 1.54) is 0 Å². The first-order chi connectivity index (χ1) is 4.66. The van der Waals surface area contributed by atoms with Crippen LogP contribution in [-0.4, -0.2) is 22.0 Å². The molecule has 1 aliphatic rings. The van der Waals surface area contributed by atoms with Crippen LogP contribution < -0.4 is 0 Å². The maximum absolute atomic E-state index is 10.9. The molecule has 1 aliphatic heterocycles. The lowest BCUT2D eigenvalue weighted by Gasteiger charge is -2.26. The molecule has 10 heavy (non-hydrogen) atoms. The van der Waals surface area contributed by atoms with Crippen LogP contribution in [0.4, 0.5) is 0 Å². The van der Waals surface area contributed by atoms with Crippen LogP contribution in [0.3, 0.4) is 0 Å². The zero-order chi connectivity index (χ0) is 7.61. The molecule has 3 heteroatoms. The largest absolute Gasteiger partial charge is 0.303 e. The molecule has 0 amide bonds. The van der Waals surface area contributed by atoms with Gasteiger partial charge in [-0.25, -0.2) is 0 Å². The van der Waals surface area contributed by atoms with E-state index in [0.29, 0.717) is 11.5 Å². The molecule has 0 spiro atoms. The molecule has 0 aromatic rings. The maximum Gasteiger partial charge on any atom is 0.125 e. The Morgan fingerprint density at radius 1 is 1.40 bits per heavy atom. The van der Waals surface area contributed by atoms with E-state index in [9.17, 15) is 9.00 Å². The molecule has 1 saturated heterocycles. The maximum atomic E-state index is 10.9. The van der Waals surface area contributed by atoms with Gasteiger partial charge in [0.1, 0.15) is 6.29 Å². The number of hydrogen-bond donors (Lipinski definition) is 0. The molecule has 1 rings (SSSR count). The number of aldehydes is 1. The summed E-state index contributed by atoms with van der Waals surface area (Å²) in [5.74, 6) is 1.41. The summed E-state index contributed by atoms with van der Waals surface area (Å²) in [6, 6.07) is 0. The first-order valence-corrected chi connectivity index (χ1v) is 4.96. The predicted octanol–water partition coefficient (Wildman–Crippen LogP) is 0.734. The molecule has 0 atom stereocenters. The molecular weight excluding hydrogens is 148 g/mol. The van der Waals surface area contributed by atoms with E-state index in [-0.39, 0.29) is 5.41 Å². The van der Waals surface area contributed by atoms with Crippen molar-refractivity contribution in [2.75, 3.05) is 11.5 Å². The second-order valence-corrected chi connectivity index (χ2v) is 4.82. The summed E-state index contributed by atoms with van der Waals surface area (Å²) in [5, 5.41) is 0. The van der Waals surface area contributed by atoms with Crippen molar-refractivity contribution in [3.05, 3.63) is 0 Å². The van der Waals surface area contributed by atoms with Gasteiger partial charge in [0.25, 0.3) is 0 Å². The summed E-state index contributed by atoms with van der Waals surface area (Å²) in [6.07, 6.45) is 2.59. The van der Waals surface area contributed by atoms with Crippen LogP contribution in [0.1, 0.15) is 19.8 Å². The van der Waals surface area contributed by atoms with Crippen LogP contribution in [-0.2, 0) is 15.6 Å². The number of hydrogen-bond acceptors (Lipinski definition) is 2. The average Bonchev–Trinajstić information content (AvgIpc) is 1.96. The van der Waals surface area contributed by atoms with Gasteiger partial charge in [-0.1, -0.05) is 6.92 Å². The second kappa shape index (κ2) is 2.82. The Morgan fingerprint density at radius 3 is 2.30 bits per heavy atom. The molecule has 1 fully saturated rings. The van der Waals surface area contributed by atoms with Gasteiger partial charge in [0.05, 0.1) is 0 Å². The Kier molecular flexibility index (Phi) is 2.24. The smallest absolute Gasteiger partial charge is 0.125 e. The molecule has 0 aromatic carbocycles. The highest BCUT2D eigenvalue weighted by atomic mass is 32.2. The van der Waals surface area contributed by atoms with E-state index < -0.39 is 10.8 Å². The van der Waals surface area contributed by atoms with Gasteiger partial charge in [-0.3, -0.25) is 4.21 Å². The van der Waals surface area contributed by atoms with Gasteiger partial charge in [0, 0.05) is 27.7 Å². The van der Waals surface area contributed by atoms with E-state index in [1.54, 1.807) is 0 Å².